The van der Waals surface area contributed by atoms with E-state index in [0.29, 0.717) is 40.5 Å². The molecule has 0 aromatic heterocycles. The first-order valence-corrected chi connectivity index (χ1v) is 6.47. The van der Waals surface area contributed by atoms with Crippen molar-refractivity contribution >= 4 is 0 Å². The van der Waals surface area contributed by atoms with E-state index in [2.05, 4.69) is 9.80 Å². The molecular weight excluding hydrogens is 254 g/mol. The van der Waals surface area contributed by atoms with Crippen molar-refractivity contribution in [3.8, 4) is 0 Å². The van der Waals surface area contributed by atoms with Crippen LogP contribution < -0.4 is 0 Å². The van der Waals surface area contributed by atoms with Crippen LogP contribution in [0.15, 0.2) is 0 Å². The average Bonchev–Trinajstić information content (AvgIpc) is 2.49. The first kappa shape index (κ1) is 15.1. The lowest BCUT2D eigenvalue weighted by atomic mass is 10.4. The first-order chi connectivity index (χ1) is 9.38. The molecule has 2 rings (SSSR count). The van der Waals surface area contributed by atoms with Gasteiger partial charge in [-0.3, -0.25) is 14.7 Å². The van der Waals surface area contributed by atoms with Crippen molar-refractivity contribution in [2.45, 2.75) is 0 Å². The van der Waals surface area contributed by atoms with E-state index in [1.807, 2.05) is 4.90 Å². The van der Waals surface area contributed by atoms with Gasteiger partial charge in [0.15, 0.2) is 0 Å². The van der Waals surface area contributed by atoms with Crippen LogP contribution in [0.4, 0.5) is 0 Å². The van der Waals surface area contributed by atoms with Crippen molar-refractivity contribution in [3.63, 3.8) is 0 Å². The molecule has 2 aliphatic rings. The second kappa shape index (κ2) is 8.77. The van der Waals surface area contributed by atoms with Gasteiger partial charge in [0, 0.05) is 26.2 Å². The minimum atomic E-state index is 0.0467. The van der Waals surface area contributed by atoms with Crippen LogP contribution >= 0.6 is 0 Å². The maximum atomic E-state index is 9.35. The Morgan fingerprint density at radius 3 is 1.58 bits per heavy atom. The fraction of sp³-hybridized carbons (Fsp3) is 1.00. The van der Waals surface area contributed by atoms with Gasteiger partial charge in [-0.25, -0.2) is 0 Å². The maximum absolute atomic E-state index is 9.35. The van der Waals surface area contributed by atoms with Gasteiger partial charge in [0.2, 0.25) is 0 Å². The molecule has 8 heteroatoms. The highest BCUT2D eigenvalue weighted by Crippen LogP contribution is 2.01. The fourth-order valence-corrected chi connectivity index (χ4v) is 1.93. The minimum Gasteiger partial charge on any atom is -0.381 e. The molecule has 0 amide bonds. The van der Waals surface area contributed by atoms with Crippen LogP contribution in [0.5, 0.6) is 0 Å². The molecule has 0 atom stereocenters. The normalized spacial score (nSPS) is 23.1. The Balaban J connectivity index is 1.59. The lowest BCUT2D eigenvalue weighted by Gasteiger charge is -2.31. The zero-order valence-corrected chi connectivity index (χ0v) is 11.2. The van der Waals surface area contributed by atoms with Crippen LogP contribution in [0.1, 0.15) is 0 Å². The molecule has 2 heterocycles. The van der Waals surface area contributed by atoms with Crippen molar-refractivity contribution in [2.24, 2.45) is 0 Å². The van der Waals surface area contributed by atoms with Crippen LogP contribution in [-0.2, 0) is 18.9 Å². The van der Waals surface area contributed by atoms with Gasteiger partial charge in [-0.05, 0) is 0 Å². The molecule has 2 fully saturated rings. The zero-order valence-electron chi connectivity index (χ0n) is 11.2. The maximum Gasteiger partial charge on any atom is 0.150 e. The van der Waals surface area contributed by atoms with E-state index in [9.17, 15) is 5.11 Å². The molecule has 0 spiro atoms. The van der Waals surface area contributed by atoms with Crippen molar-refractivity contribution in [1.29, 1.82) is 0 Å². The molecule has 2 saturated heterocycles. The van der Waals surface area contributed by atoms with Gasteiger partial charge < -0.3 is 24.1 Å². The fourth-order valence-electron chi connectivity index (χ4n) is 1.93. The molecule has 8 nitrogen and oxygen atoms in total. The van der Waals surface area contributed by atoms with Crippen LogP contribution in [0.2, 0.25) is 0 Å². The van der Waals surface area contributed by atoms with Gasteiger partial charge >= 0.3 is 0 Å². The number of hydrogen-bond acceptors (Lipinski definition) is 8. The zero-order chi connectivity index (χ0) is 13.3. The quantitative estimate of drug-likeness (QED) is 0.575. The van der Waals surface area contributed by atoms with E-state index in [-0.39, 0.29) is 6.73 Å². The molecule has 0 radical (unpaired) electrons. The van der Waals surface area contributed by atoms with E-state index < -0.39 is 0 Å². The molecule has 0 aromatic rings. The Morgan fingerprint density at radius 1 is 0.789 bits per heavy atom. The van der Waals surface area contributed by atoms with Gasteiger partial charge in [0.05, 0.1) is 6.73 Å². The molecule has 19 heavy (non-hydrogen) atoms. The second-order valence-corrected chi connectivity index (χ2v) is 4.62. The van der Waals surface area contributed by atoms with E-state index in [4.69, 9.17) is 18.9 Å². The smallest absolute Gasteiger partial charge is 0.150 e. The first-order valence-electron chi connectivity index (χ1n) is 6.47. The molecule has 112 valence electrons. The Hall–Kier alpha value is -0.320. The van der Waals surface area contributed by atoms with Gasteiger partial charge in [0.25, 0.3) is 0 Å². The summed E-state index contributed by atoms with van der Waals surface area (Å²) in [7, 11) is 0. The molecule has 0 saturated carbocycles. The number of nitrogens with zero attached hydrogens (tertiary/aromatic N) is 3. The van der Waals surface area contributed by atoms with E-state index in [1.54, 1.807) is 0 Å². The minimum absolute atomic E-state index is 0.0467. The summed E-state index contributed by atoms with van der Waals surface area (Å²) in [5, 5.41) is 9.35. The lowest BCUT2D eigenvalue weighted by molar-refractivity contribution is -0.187. The standard InChI is InChI=1S/C11H23N3O5/c15-5-12(1-3-13-6-16-10-17-7-13)2-4-14-8-18-11-19-9-14/h15H,1-11H2. The summed E-state index contributed by atoms with van der Waals surface area (Å²) in [4.78, 5) is 6.09. The van der Waals surface area contributed by atoms with E-state index >= 15 is 0 Å². The highest BCUT2D eigenvalue weighted by atomic mass is 16.7. The largest absolute Gasteiger partial charge is 0.381 e. The van der Waals surface area contributed by atoms with E-state index in [0.717, 1.165) is 26.2 Å². The van der Waals surface area contributed by atoms with Crippen molar-refractivity contribution in [3.05, 3.63) is 0 Å². The predicted molar refractivity (Wildman–Crippen MR) is 65.6 cm³/mol. The average molecular weight is 277 g/mol. The van der Waals surface area contributed by atoms with Gasteiger partial charge in [-0.2, -0.15) is 0 Å². The summed E-state index contributed by atoms with van der Waals surface area (Å²) in [6.07, 6.45) is 0. The number of aliphatic hydroxyl groups excluding tert-OH is 1. The second-order valence-electron chi connectivity index (χ2n) is 4.62. The topological polar surface area (TPSA) is 66.9 Å². The molecule has 0 aliphatic carbocycles. The van der Waals surface area contributed by atoms with Crippen LogP contribution in [0, 0.1) is 0 Å². The van der Waals surface area contributed by atoms with Gasteiger partial charge in [-0.15, -0.1) is 0 Å². The van der Waals surface area contributed by atoms with Crippen LogP contribution in [0.25, 0.3) is 0 Å². The van der Waals surface area contributed by atoms with Crippen molar-refractivity contribution in [1.82, 2.24) is 14.7 Å². The van der Waals surface area contributed by atoms with E-state index in [1.165, 1.54) is 0 Å². The summed E-state index contributed by atoms with van der Waals surface area (Å²) >= 11 is 0. The number of ether oxygens (including phenoxy) is 4. The summed E-state index contributed by atoms with van der Waals surface area (Å²) in [5.41, 5.74) is 0. The number of rotatable bonds is 7. The molecule has 1 N–H and O–H groups in total. The molecule has 0 bridgehead atoms. The number of aliphatic hydroxyl groups is 1. The highest BCUT2D eigenvalue weighted by molar-refractivity contribution is 4.61. The lowest BCUT2D eigenvalue weighted by Crippen LogP contribution is -2.44. The van der Waals surface area contributed by atoms with Gasteiger partial charge in [0.1, 0.15) is 40.5 Å². The third-order valence-corrected chi connectivity index (χ3v) is 3.09. The monoisotopic (exact) mass is 277 g/mol. The molecular formula is C11H23N3O5. The summed E-state index contributed by atoms with van der Waals surface area (Å²) in [6.45, 7) is 6.33. The van der Waals surface area contributed by atoms with Crippen molar-refractivity contribution < 1.29 is 24.1 Å². The van der Waals surface area contributed by atoms with Crippen molar-refractivity contribution in [2.75, 3.05) is 73.4 Å². The van der Waals surface area contributed by atoms with Crippen LogP contribution in [0.3, 0.4) is 0 Å². The third kappa shape index (κ3) is 5.67. The van der Waals surface area contributed by atoms with Gasteiger partial charge in [-0.1, -0.05) is 0 Å². The summed E-state index contributed by atoms with van der Waals surface area (Å²) < 4.78 is 20.7. The van der Waals surface area contributed by atoms with Crippen LogP contribution in [-0.4, -0.2) is 93.2 Å². The summed E-state index contributed by atoms with van der Waals surface area (Å²) in [6, 6.07) is 0. The number of hydrogen-bond donors (Lipinski definition) is 1. The Kier molecular flexibility index (Phi) is 6.96. The molecule has 2 aliphatic heterocycles. The summed E-state index contributed by atoms with van der Waals surface area (Å²) in [5.74, 6) is 0. The predicted octanol–water partition coefficient (Wildman–Crippen LogP) is -1.32. The Bertz CT molecular complexity index is 212. The Labute approximate surface area is 113 Å². The highest BCUT2D eigenvalue weighted by Gasteiger charge is 2.14. The SMILES string of the molecule is OCN(CCN1COCOC1)CCN1COCOC1. The Morgan fingerprint density at radius 2 is 1.21 bits per heavy atom. The molecule has 0 unspecified atom stereocenters. The molecule has 0 aromatic carbocycles. The third-order valence-electron chi connectivity index (χ3n) is 3.09.